The topological polar surface area (TPSA) is 70.4 Å². The number of benzene rings is 2. The van der Waals surface area contributed by atoms with Crippen LogP contribution in [-0.4, -0.2) is 20.9 Å². The van der Waals surface area contributed by atoms with Crippen LogP contribution in [0.1, 0.15) is 16.8 Å². The number of halogens is 3. The molecule has 0 atom stereocenters. The molecule has 3 aromatic rings. The molecule has 5 nitrogen and oxygen atoms in total. The highest BCUT2D eigenvalue weighted by atomic mass is 35.5. The van der Waals surface area contributed by atoms with Gasteiger partial charge >= 0.3 is 5.69 Å². The van der Waals surface area contributed by atoms with E-state index in [9.17, 15) is 18.7 Å². The first kappa shape index (κ1) is 17.2. The molecule has 0 aliphatic carbocycles. The second kappa shape index (κ2) is 6.51. The van der Waals surface area contributed by atoms with Gasteiger partial charge < -0.3 is 10.1 Å². The smallest absolute Gasteiger partial charge is 0.329 e. The van der Waals surface area contributed by atoms with E-state index in [4.69, 9.17) is 11.6 Å². The zero-order valence-corrected chi connectivity index (χ0v) is 14.5. The molecule has 8 heteroatoms. The van der Waals surface area contributed by atoms with Gasteiger partial charge in [0, 0.05) is 22.4 Å². The van der Waals surface area contributed by atoms with Gasteiger partial charge in [-0.05, 0) is 35.9 Å². The van der Waals surface area contributed by atoms with Crippen LogP contribution < -0.4 is 5.69 Å². The minimum absolute atomic E-state index is 0.109. The molecule has 27 heavy (non-hydrogen) atoms. The van der Waals surface area contributed by atoms with Gasteiger partial charge in [0.25, 0.3) is 0 Å². The maximum atomic E-state index is 13.4. The van der Waals surface area contributed by atoms with Crippen LogP contribution in [0.3, 0.4) is 0 Å². The third-order valence-corrected chi connectivity index (χ3v) is 4.46. The number of aromatic nitrogens is 2. The van der Waals surface area contributed by atoms with E-state index in [1.165, 1.54) is 6.07 Å². The Morgan fingerprint density at radius 1 is 1.19 bits per heavy atom. The lowest BCUT2D eigenvalue weighted by Gasteiger charge is -2.04. The van der Waals surface area contributed by atoms with E-state index < -0.39 is 17.3 Å². The Morgan fingerprint density at radius 2 is 2.00 bits per heavy atom. The van der Waals surface area contributed by atoms with Crippen molar-refractivity contribution in [3.63, 3.8) is 0 Å². The summed E-state index contributed by atoms with van der Waals surface area (Å²) in [7, 11) is 0. The third-order valence-electron chi connectivity index (χ3n) is 4.22. The first-order chi connectivity index (χ1) is 12.9. The summed E-state index contributed by atoms with van der Waals surface area (Å²) >= 11 is 5.94. The normalized spacial score (nSPS) is 14.1. The minimum atomic E-state index is -1.02. The largest absolute Gasteiger partial charge is 0.493 e. The molecule has 0 spiro atoms. The van der Waals surface area contributed by atoms with Gasteiger partial charge in [0.2, 0.25) is 5.88 Å². The Labute approximate surface area is 156 Å². The summed E-state index contributed by atoms with van der Waals surface area (Å²) in [6.45, 7) is -0.109. The number of nitrogens with one attached hydrogen (secondary N) is 1. The van der Waals surface area contributed by atoms with Crippen LogP contribution in [0.5, 0.6) is 5.88 Å². The average molecular weight is 388 g/mol. The minimum Gasteiger partial charge on any atom is -0.493 e. The molecule has 4 rings (SSSR count). The van der Waals surface area contributed by atoms with Crippen molar-refractivity contribution in [3.8, 4) is 5.88 Å². The van der Waals surface area contributed by atoms with E-state index in [0.29, 0.717) is 21.8 Å². The van der Waals surface area contributed by atoms with Gasteiger partial charge in [-0.2, -0.15) is 0 Å². The predicted octanol–water partition coefficient (Wildman–Crippen LogP) is 4.12. The summed E-state index contributed by atoms with van der Waals surface area (Å²) in [5.74, 6) is -2.31. The molecule has 2 aromatic carbocycles. The average Bonchev–Trinajstić information content (AvgIpc) is 3.14. The zero-order valence-electron chi connectivity index (χ0n) is 13.7. The van der Waals surface area contributed by atoms with Crippen LogP contribution in [0.4, 0.5) is 14.5 Å². The van der Waals surface area contributed by atoms with Crippen molar-refractivity contribution >= 4 is 35.2 Å². The lowest BCUT2D eigenvalue weighted by molar-refractivity contribution is 0.420. The van der Waals surface area contributed by atoms with Gasteiger partial charge in [-0.1, -0.05) is 23.7 Å². The number of imidazole rings is 1. The van der Waals surface area contributed by atoms with Crippen LogP contribution in [0.15, 0.2) is 46.2 Å². The number of aromatic amines is 1. The van der Waals surface area contributed by atoms with Crippen molar-refractivity contribution in [1.29, 1.82) is 0 Å². The van der Waals surface area contributed by atoms with Crippen molar-refractivity contribution in [3.05, 3.63) is 80.4 Å². The lowest BCUT2D eigenvalue weighted by Crippen LogP contribution is -2.17. The Hall–Kier alpha value is -3.19. The van der Waals surface area contributed by atoms with E-state index in [-0.39, 0.29) is 18.1 Å². The Morgan fingerprint density at radius 3 is 2.78 bits per heavy atom. The van der Waals surface area contributed by atoms with E-state index >= 15 is 0 Å². The van der Waals surface area contributed by atoms with E-state index in [1.807, 2.05) is 0 Å². The van der Waals surface area contributed by atoms with Crippen LogP contribution in [0, 0.1) is 11.6 Å². The maximum absolute atomic E-state index is 13.4. The molecule has 2 N–H and O–H groups in total. The van der Waals surface area contributed by atoms with Crippen LogP contribution in [0.2, 0.25) is 5.02 Å². The van der Waals surface area contributed by atoms with E-state index in [1.54, 1.807) is 30.5 Å². The summed E-state index contributed by atoms with van der Waals surface area (Å²) in [4.78, 5) is 19.0. The molecule has 2 heterocycles. The van der Waals surface area contributed by atoms with E-state index in [2.05, 4.69) is 9.98 Å². The van der Waals surface area contributed by atoms with Crippen LogP contribution in [-0.2, 0) is 6.54 Å². The molecular formula is C19H12ClF2N3O2. The Bertz CT molecular complexity index is 1180. The molecule has 0 unspecified atom stereocenters. The summed E-state index contributed by atoms with van der Waals surface area (Å²) < 4.78 is 27.4. The third kappa shape index (κ3) is 3.17. The lowest BCUT2D eigenvalue weighted by atomic mass is 10.1. The molecule has 0 radical (unpaired) electrons. The molecular weight excluding hydrogens is 376 g/mol. The summed E-state index contributed by atoms with van der Waals surface area (Å²) in [5.41, 5.74) is 2.15. The predicted molar refractivity (Wildman–Crippen MR) is 99.7 cm³/mol. The van der Waals surface area contributed by atoms with E-state index in [0.717, 1.165) is 22.3 Å². The van der Waals surface area contributed by atoms with Gasteiger partial charge in [-0.15, -0.1) is 0 Å². The monoisotopic (exact) mass is 387 g/mol. The van der Waals surface area contributed by atoms with Crippen molar-refractivity contribution in [1.82, 2.24) is 9.55 Å². The highest BCUT2D eigenvalue weighted by molar-refractivity contribution is 6.31. The second-order valence-electron chi connectivity index (χ2n) is 6.02. The van der Waals surface area contributed by atoms with Gasteiger partial charge in [0.1, 0.15) is 5.69 Å². The molecule has 1 aliphatic heterocycles. The molecule has 136 valence electrons. The van der Waals surface area contributed by atoms with Gasteiger partial charge in [-0.25, -0.2) is 13.6 Å². The number of allylic oxidation sites excluding steroid dienone is 1. The number of nitrogens with zero attached hydrogens (tertiary/aromatic N) is 2. The first-order valence-corrected chi connectivity index (χ1v) is 8.31. The number of hydrogen-bond acceptors (Lipinski definition) is 3. The number of hydrogen-bond donors (Lipinski definition) is 2. The maximum Gasteiger partial charge on any atom is 0.329 e. The molecule has 0 amide bonds. The molecule has 0 bridgehead atoms. The highest BCUT2D eigenvalue weighted by Gasteiger charge is 2.17. The van der Waals surface area contributed by atoms with Crippen molar-refractivity contribution < 1.29 is 13.9 Å². The second-order valence-corrected chi connectivity index (χ2v) is 6.46. The first-order valence-electron chi connectivity index (χ1n) is 7.94. The van der Waals surface area contributed by atoms with Gasteiger partial charge in [0.05, 0.1) is 12.2 Å². The molecule has 0 fully saturated rings. The van der Waals surface area contributed by atoms with Crippen molar-refractivity contribution in [2.45, 2.75) is 6.54 Å². The highest BCUT2D eigenvalue weighted by Crippen LogP contribution is 2.35. The molecule has 0 saturated heterocycles. The number of aliphatic imine (C=N–C) groups is 1. The van der Waals surface area contributed by atoms with Gasteiger partial charge in [-0.3, -0.25) is 9.56 Å². The zero-order chi connectivity index (χ0) is 19.1. The summed E-state index contributed by atoms with van der Waals surface area (Å²) in [6.07, 6.45) is 3.19. The summed E-state index contributed by atoms with van der Waals surface area (Å²) in [5, 5.41) is 11.0. The van der Waals surface area contributed by atoms with Crippen LogP contribution >= 0.6 is 11.6 Å². The van der Waals surface area contributed by atoms with Crippen molar-refractivity contribution in [2.24, 2.45) is 4.99 Å². The fourth-order valence-electron chi connectivity index (χ4n) is 2.88. The molecule has 1 aromatic heterocycles. The van der Waals surface area contributed by atoms with Gasteiger partial charge in [0.15, 0.2) is 11.6 Å². The van der Waals surface area contributed by atoms with Crippen molar-refractivity contribution in [2.75, 3.05) is 0 Å². The fraction of sp³-hybridized carbons (Fsp3) is 0.0526. The standard InChI is InChI=1S/C19H12ClF2N3O2/c20-12-2-3-13-11(8-23-16(13)7-12)6-17-18(26)25(19(27)24-17)9-10-1-4-14(21)15(22)5-10/h1-8,26H,9H2,(H,24,27)/b11-6+. The number of H-pyrrole nitrogens is 1. The SMILES string of the molecule is O=c1[nH]c(/C=C2\C=Nc3cc(Cl)ccc32)c(O)n1Cc1ccc(F)c(F)c1. The number of fused-ring (bicyclic) bond motifs is 1. The molecule has 0 saturated carbocycles. The Kier molecular flexibility index (Phi) is 4.16. The fourth-order valence-corrected chi connectivity index (χ4v) is 3.05. The quantitative estimate of drug-likeness (QED) is 0.709. The number of rotatable bonds is 3. The van der Waals surface area contributed by atoms with Crippen LogP contribution in [0.25, 0.3) is 11.6 Å². The molecule has 1 aliphatic rings. The Balaban J connectivity index is 1.69. The number of aromatic hydroxyl groups is 1. The summed E-state index contributed by atoms with van der Waals surface area (Å²) in [6, 6.07) is 8.53.